The summed E-state index contributed by atoms with van der Waals surface area (Å²) in [4.78, 5) is 4.14. The zero-order valence-electron chi connectivity index (χ0n) is 11.0. The summed E-state index contributed by atoms with van der Waals surface area (Å²) in [6.07, 6.45) is 2.59. The summed E-state index contributed by atoms with van der Waals surface area (Å²) in [5, 5.41) is 5.73. The Kier molecular flexibility index (Phi) is 5.01. The number of hydrogen-bond acceptors (Lipinski definition) is 3. The average molecular weight is 252 g/mol. The zero-order chi connectivity index (χ0) is 12.1. The molecule has 1 atom stereocenters. The molecule has 0 aromatic carbocycles. The van der Waals surface area contributed by atoms with Gasteiger partial charge in [-0.2, -0.15) is 0 Å². The maximum Gasteiger partial charge on any atom is 0.00579 e. The molecule has 1 aliphatic heterocycles. The summed E-state index contributed by atoms with van der Waals surface area (Å²) >= 11 is 1.88. The monoisotopic (exact) mass is 252 g/mol. The first kappa shape index (κ1) is 13.1. The highest BCUT2D eigenvalue weighted by atomic mass is 32.1. The minimum Gasteiger partial charge on any atom is -0.314 e. The molecule has 0 amide bonds. The van der Waals surface area contributed by atoms with Gasteiger partial charge in [0.1, 0.15) is 0 Å². The summed E-state index contributed by atoms with van der Waals surface area (Å²) in [5.41, 5.74) is 0. The van der Waals surface area contributed by atoms with E-state index in [9.17, 15) is 0 Å². The first-order valence-electron chi connectivity index (χ1n) is 6.72. The van der Waals surface area contributed by atoms with Crippen LogP contribution in [-0.4, -0.2) is 37.1 Å². The lowest BCUT2D eigenvalue weighted by Crippen LogP contribution is -2.31. The van der Waals surface area contributed by atoms with Crippen molar-refractivity contribution in [3.05, 3.63) is 22.4 Å². The third-order valence-corrected chi connectivity index (χ3v) is 4.38. The fourth-order valence-electron chi connectivity index (χ4n) is 2.41. The third-order valence-electron chi connectivity index (χ3n) is 3.44. The van der Waals surface area contributed by atoms with Crippen molar-refractivity contribution in [1.29, 1.82) is 0 Å². The van der Waals surface area contributed by atoms with Gasteiger partial charge in [-0.3, -0.25) is 0 Å². The minimum absolute atomic E-state index is 0.621. The van der Waals surface area contributed by atoms with E-state index in [1.54, 1.807) is 0 Å². The van der Waals surface area contributed by atoms with E-state index in [-0.39, 0.29) is 0 Å². The van der Waals surface area contributed by atoms with Gasteiger partial charge in [0, 0.05) is 24.0 Å². The Hall–Kier alpha value is -0.380. The van der Waals surface area contributed by atoms with Crippen molar-refractivity contribution in [3.63, 3.8) is 0 Å². The van der Waals surface area contributed by atoms with E-state index in [1.807, 2.05) is 11.3 Å². The number of rotatable bonds is 6. The molecule has 3 heteroatoms. The standard InChI is InChI=1S/C14H24N2S/c1-12(2)15-10-13-5-7-16(11-13)8-6-14-4-3-9-17-14/h3-4,9,12-13,15H,5-8,10-11H2,1-2H3. The van der Waals surface area contributed by atoms with Crippen molar-refractivity contribution in [2.75, 3.05) is 26.2 Å². The van der Waals surface area contributed by atoms with E-state index in [1.165, 1.54) is 43.9 Å². The van der Waals surface area contributed by atoms with Crippen molar-refractivity contribution < 1.29 is 0 Å². The van der Waals surface area contributed by atoms with Crippen LogP contribution in [-0.2, 0) is 6.42 Å². The number of nitrogens with zero attached hydrogens (tertiary/aromatic N) is 1. The van der Waals surface area contributed by atoms with Crippen molar-refractivity contribution in [2.24, 2.45) is 5.92 Å². The first-order chi connectivity index (χ1) is 8.24. The fourth-order valence-corrected chi connectivity index (χ4v) is 3.11. The molecule has 1 aliphatic rings. The second-order valence-corrected chi connectivity index (χ2v) is 6.38. The zero-order valence-corrected chi connectivity index (χ0v) is 11.8. The van der Waals surface area contributed by atoms with E-state index >= 15 is 0 Å². The Balaban J connectivity index is 1.64. The van der Waals surface area contributed by atoms with Crippen LogP contribution >= 0.6 is 11.3 Å². The maximum absolute atomic E-state index is 3.55. The van der Waals surface area contributed by atoms with Crippen LogP contribution in [0, 0.1) is 5.92 Å². The molecule has 96 valence electrons. The second-order valence-electron chi connectivity index (χ2n) is 5.35. The lowest BCUT2D eigenvalue weighted by molar-refractivity contribution is 0.324. The molecule has 1 unspecified atom stereocenters. The minimum atomic E-state index is 0.621. The number of hydrogen-bond donors (Lipinski definition) is 1. The van der Waals surface area contributed by atoms with Crippen LogP contribution in [0.4, 0.5) is 0 Å². The average Bonchev–Trinajstić information content (AvgIpc) is 2.95. The molecule has 2 heterocycles. The van der Waals surface area contributed by atoms with Crippen LogP contribution in [0.2, 0.25) is 0 Å². The van der Waals surface area contributed by atoms with Gasteiger partial charge < -0.3 is 10.2 Å². The fraction of sp³-hybridized carbons (Fsp3) is 0.714. The largest absolute Gasteiger partial charge is 0.314 e. The molecular weight excluding hydrogens is 228 g/mol. The molecular formula is C14H24N2S. The van der Waals surface area contributed by atoms with E-state index in [4.69, 9.17) is 0 Å². The van der Waals surface area contributed by atoms with Crippen molar-refractivity contribution in [3.8, 4) is 0 Å². The molecule has 0 radical (unpaired) electrons. The molecule has 0 spiro atoms. The van der Waals surface area contributed by atoms with Crippen molar-refractivity contribution >= 4 is 11.3 Å². The SMILES string of the molecule is CC(C)NCC1CCN(CCc2cccs2)C1. The van der Waals surface area contributed by atoms with Gasteiger partial charge in [0.15, 0.2) is 0 Å². The summed E-state index contributed by atoms with van der Waals surface area (Å²) in [5.74, 6) is 0.862. The molecule has 2 rings (SSSR count). The topological polar surface area (TPSA) is 15.3 Å². The Bertz CT molecular complexity index is 308. The van der Waals surface area contributed by atoms with E-state index in [0.29, 0.717) is 6.04 Å². The van der Waals surface area contributed by atoms with Gasteiger partial charge >= 0.3 is 0 Å². The van der Waals surface area contributed by atoms with Crippen LogP contribution in [0.1, 0.15) is 25.1 Å². The number of thiophene rings is 1. The Morgan fingerprint density at radius 3 is 3.12 bits per heavy atom. The predicted molar refractivity (Wildman–Crippen MR) is 75.7 cm³/mol. The van der Waals surface area contributed by atoms with Gasteiger partial charge in [0.2, 0.25) is 0 Å². The Labute approximate surface area is 109 Å². The van der Waals surface area contributed by atoms with E-state index in [0.717, 1.165) is 5.92 Å². The summed E-state index contributed by atoms with van der Waals surface area (Å²) in [6.45, 7) is 9.44. The van der Waals surface area contributed by atoms with Crippen LogP contribution in [0.3, 0.4) is 0 Å². The highest BCUT2D eigenvalue weighted by Gasteiger charge is 2.21. The maximum atomic E-state index is 3.55. The predicted octanol–water partition coefficient (Wildman–Crippen LogP) is 2.61. The summed E-state index contributed by atoms with van der Waals surface area (Å²) < 4.78 is 0. The molecule has 1 saturated heterocycles. The lowest BCUT2D eigenvalue weighted by Gasteiger charge is -2.16. The number of likely N-dealkylation sites (tertiary alicyclic amines) is 1. The van der Waals surface area contributed by atoms with Gasteiger partial charge in [-0.05, 0) is 43.3 Å². The molecule has 0 bridgehead atoms. The van der Waals surface area contributed by atoms with E-state index in [2.05, 4.69) is 41.6 Å². The molecule has 1 aromatic heterocycles. The highest BCUT2D eigenvalue weighted by Crippen LogP contribution is 2.17. The summed E-state index contributed by atoms with van der Waals surface area (Å²) in [6, 6.07) is 5.02. The van der Waals surface area contributed by atoms with E-state index < -0.39 is 0 Å². The highest BCUT2D eigenvalue weighted by molar-refractivity contribution is 7.09. The molecule has 1 fully saturated rings. The molecule has 17 heavy (non-hydrogen) atoms. The van der Waals surface area contributed by atoms with Gasteiger partial charge in [0.05, 0.1) is 0 Å². The molecule has 0 saturated carbocycles. The third kappa shape index (κ3) is 4.41. The number of nitrogens with one attached hydrogen (secondary N) is 1. The molecule has 1 aromatic rings. The van der Waals surface area contributed by atoms with Gasteiger partial charge in [-0.15, -0.1) is 11.3 Å². The van der Waals surface area contributed by atoms with Crippen LogP contribution in [0.15, 0.2) is 17.5 Å². The Morgan fingerprint density at radius 1 is 1.53 bits per heavy atom. The smallest absolute Gasteiger partial charge is 0.00579 e. The molecule has 0 aliphatic carbocycles. The van der Waals surface area contributed by atoms with Gasteiger partial charge in [-0.1, -0.05) is 19.9 Å². The quantitative estimate of drug-likeness (QED) is 0.837. The van der Waals surface area contributed by atoms with Crippen molar-refractivity contribution in [2.45, 2.75) is 32.7 Å². The van der Waals surface area contributed by atoms with Gasteiger partial charge in [-0.25, -0.2) is 0 Å². The lowest BCUT2D eigenvalue weighted by atomic mass is 10.1. The second kappa shape index (κ2) is 6.53. The normalized spacial score (nSPS) is 21.5. The van der Waals surface area contributed by atoms with Crippen LogP contribution in [0.25, 0.3) is 0 Å². The van der Waals surface area contributed by atoms with Crippen molar-refractivity contribution in [1.82, 2.24) is 10.2 Å². The van der Waals surface area contributed by atoms with Crippen LogP contribution < -0.4 is 5.32 Å². The first-order valence-corrected chi connectivity index (χ1v) is 7.60. The van der Waals surface area contributed by atoms with Gasteiger partial charge in [0.25, 0.3) is 0 Å². The summed E-state index contributed by atoms with van der Waals surface area (Å²) in [7, 11) is 0. The molecule has 1 N–H and O–H groups in total. The Morgan fingerprint density at radius 2 is 2.41 bits per heavy atom. The molecule has 2 nitrogen and oxygen atoms in total. The van der Waals surface area contributed by atoms with Crippen LogP contribution in [0.5, 0.6) is 0 Å².